The van der Waals surface area contributed by atoms with E-state index in [2.05, 4.69) is 20.9 Å². The van der Waals surface area contributed by atoms with Gasteiger partial charge >= 0.3 is 0 Å². The van der Waals surface area contributed by atoms with Crippen LogP contribution in [0, 0.1) is 5.92 Å². The van der Waals surface area contributed by atoms with Gasteiger partial charge in [-0.3, -0.25) is 9.69 Å². The lowest BCUT2D eigenvalue weighted by molar-refractivity contribution is -0.117. The normalized spacial score (nSPS) is 20.6. The summed E-state index contributed by atoms with van der Waals surface area (Å²) in [7, 11) is 0. The van der Waals surface area contributed by atoms with Crippen molar-refractivity contribution < 1.29 is 4.79 Å². The molecule has 86 valence electrons. The highest BCUT2D eigenvalue weighted by Gasteiger charge is 2.31. The number of rotatable bonds is 2. The molecule has 1 atom stereocenters. The molecule has 2 N–H and O–H groups in total. The second-order valence-electron chi connectivity index (χ2n) is 3.77. The Balaban J connectivity index is 2.28. The average Bonchev–Trinajstić information content (AvgIpc) is 2.60. The Morgan fingerprint density at radius 3 is 3.00 bits per heavy atom. The van der Waals surface area contributed by atoms with Gasteiger partial charge in [0.15, 0.2) is 5.82 Å². The molecule has 1 unspecified atom stereocenters. The number of carbonyl (C=O) groups is 1. The molecule has 1 fully saturated rings. The van der Waals surface area contributed by atoms with Gasteiger partial charge in [-0.25, -0.2) is 4.98 Å². The molecule has 0 spiro atoms. The number of carbonyl (C=O) groups excluding carboxylic acids is 1. The van der Waals surface area contributed by atoms with Crippen LogP contribution in [0.25, 0.3) is 0 Å². The van der Waals surface area contributed by atoms with Gasteiger partial charge in [-0.15, -0.1) is 0 Å². The van der Waals surface area contributed by atoms with Gasteiger partial charge in [-0.1, -0.05) is 11.6 Å². The van der Waals surface area contributed by atoms with Gasteiger partial charge in [0.1, 0.15) is 0 Å². The summed E-state index contributed by atoms with van der Waals surface area (Å²) in [6, 6.07) is 1.73. The third-order valence-electron chi connectivity index (χ3n) is 2.58. The molecule has 0 saturated carbocycles. The highest BCUT2D eigenvalue weighted by molar-refractivity contribution is 9.10. The summed E-state index contributed by atoms with van der Waals surface area (Å²) >= 11 is 9.32. The Bertz CT molecular complexity index is 427. The summed E-state index contributed by atoms with van der Waals surface area (Å²) in [6.45, 7) is 1.11. The molecule has 0 bridgehead atoms. The van der Waals surface area contributed by atoms with Crippen molar-refractivity contribution in [2.45, 2.75) is 6.42 Å². The zero-order valence-electron chi connectivity index (χ0n) is 8.49. The van der Waals surface area contributed by atoms with Gasteiger partial charge in [0.25, 0.3) is 0 Å². The highest BCUT2D eigenvalue weighted by Crippen LogP contribution is 2.30. The number of anilines is 1. The van der Waals surface area contributed by atoms with E-state index in [1.165, 1.54) is 0 Å². The third kappa shape index (κ3) is 2.21. The summed E-state index contributed by atoms with van der Waals surface area (Å²) in [5.74, 6) is 0.756. The third-order valence-corrected chi connectivity index (χ3v) is 3.29. The summed E-state index contributed by atoms with van der Waals surface area (Å²) in [5, 5.41) is 0.473. The lowest BCUT2D eigenvalue weighted by Crippen LogP contribution is -2.26. The monoisotopic (exact) mass is 303 g/mol. The molecule has 0 aliphatic carbocycles. The van der Waals surface area contributed by atoms with E-state index in [1.54, 1.807) is 17.2 Å². The Morgan fingerprint density at radius 2 is 2.44 bits per heavy atom. The summed E-state index contributed by atoms with van der Waals surface area (Å²) in [4.78, 5) is 17.5. The maximum absolute atomic E-state index is 11.7. The van der Waals surface area contributed by atoms with Crippen molar-refractivity contribution in [1.82, 2.24) is 4.98 Å². The van der Waals surface area contributed by atoms with Crippen molar-refractivity contribution >= 4 is 39.3 Å². The van der Waals surface area contributed by atoms with Crippen LogP contribution in [0.1, 0.15) is 6.42 Å². The smallest absolute Gasteiger partial charge is 0.228 e. The molecule has 2 heterocycles. The maximum atomic E-state index is 11.7. The molecule has 4 nitrogen and oxygen atoms in total. The van der Waals surface area contributed by atoms with Gasteiger partial charge in [0.2, 0.25) is 5.91 Å². The minimum Gasteiger partial charge on any atom is -0.330 e. The van der Waals surface area contributed by atoms with Crippen molar-refractivity contribution in [2.24, 2.45) is 11.7 Å². The molecule has 0 aromatic carbocycles. The van der Waals surface area contributed by atoms with Gasteiger partial charge in [-0.2, -0.15) is 0 Å². The first kappa shape index (κ1) is 11.8. The number of halogens is 2. The van der Waals surface area contributed by atoms with E-state index in [-0.39, 0.29) is 11.8 Å². The molecule has 1 aliphatic heterocycles. The maximum Gasteiger partial charge on any atom is 0.228 e. The predicted molar refractivity (Wildman–Crippen MR) is 66.5 cm³/mol. The molecule has 1 aromatic heterocycles. The molecule has 16 heavy (non-hydrogen) atoms. The Kier molecular flexibility index (Phi) is 3.47. The van der Waals surface area contributed by atoms with Gasteiger partial charge in [0.05, 0.1) is 5.02 Å². The number of hydrogen-bond acceptors (Lipinski definition) is 3. The number of amides is 1. The van der Waals surface area contributed by atoms with Crippen molar-refractivity contribution in [1.29, 1.82) is 0 Å². The summed E-state index contributed by atoms with van der Waals surface area (Å²) in [5.41, 5.74) is 5.56. The molecule has 1 amide bonds. The minimum absolute atomic E-state index is 0.0344. The van der Waals surface area contributed by atoms with Crippen LogP contribution in [0.5, 0.6) is 0 Å². The average molecular weight is 305 g/mol. The quantitative estimate of drug-likeness (QED) is 0.906. The first-order valence-corrected chi connectivity index (χ1v) is 6.10. The first-order valence-electron chi connectivity index (χ1n) is 4.93. The summed E-state index contributed by atoms with van der Waals surface area (Å²) < 4.78 is 0.795. The van der Waals surface area contributed by atoms with E-state index in [1.807, 2.05) is 0 Å². The predicted octanol–water partition coefficient (Wildman–Crippen LogP) is 1.81. The molecule has 6 heteroatoms. The van der Waals surface area contributed by atoms with Crippen molar-refractivity contribution in [3.05, 3.63) is 21.8 Å². The minimum atomic E-state index is 0.0344. The van der Waals surface area contributed by atoms with Crippen molar-refractivity contribution in [3.63, 3.8) is 0 Å². The standard InChI is InChI=1S/C10H11BrClN3O/c11-7-2-8(12)10(14-4-7)15-5-6(3-13)1-9(15)16/h2,4,6H,1,3,5,13H2. The van der Waals surface area contributed by atoms with E-state index in [0.717, 1.165) is 4.47 Å². The second-order valence-corrected chi connectivity index (χ2v) is 5.09. The van der Waals surface area contributed by atoms with Crippen molar-refractivity contribution in [3.8, 4) is 0 Å². The molecule has 1 saturated heterocycles. The van der Waals surface area contributed by atoms with E-state index < -0.39 is 0 Å². The summed E-state index contributed by atoms with van der Waals surface area (Å²) in [6.07, 6.45) is 2.11. The van der Waals surface area contributed by atoms with Crippen LogP contribution in [0.3, 0.4) is 0 Å². The molecule has 0 radical (unpaired) electrons. The van der Waals surface area contributed by atoms with E-state index >= 15 is 0 Å². The number of nitrogens with two attached hydrogens (primary N) is 1. The van der Waals surface area contributed by atoms with Crippen LogP contribution in [0.2, 0.25) is 5.02 Å². The molecular weight excluding hydrogens is 293 g/mol. The van der Waals surface area contributed by atoms with Crippen molar-refractivity contribution in [2.75, 3.05) is 18.0 Å². The second kappa shape index (κ2) is 4.69. The lowest BCUT2D eigenvalue weighted by atomic mass is 10.1. The fourth-order valence-electron chi connectivity index (χ4n) is 1.75. The highest BCUT2D eigenvalue weighted by atomic mass is 79.9. The fraction of sp³-hybridized carbons (Fsp3) is 0.400. The van der Waals surface area contributed by atoms with Crippen LogP contribution in [-0.4, -0.2) is 24.0 Å². The van der Waals surface area contributed by atoms with Crippen LogP contribution < -0.4 is 10.6 Å². The number of nitrogens with zero attached hydrogens (tertiary/aromatic N) is 2. The topological polar surface area (TPSA) is 59.2 Å². The van der Waals surface area contributed by atoms with E-state index in [4.69, 9.17) is 17.3 Å². The molecular formula is C10H11BrClN3O. The van der Waals surface area contributed by atoms with Gasteiger partial charge < -0.3 is 5.73 Å². The zero-order valence-corrected chi connectivity index (χ0v) is 10.8. The fourth-order valence-corrected chi connectivity index (χ4v) is 2.48. The number of hydrogen-bond donors (Lipinski definition) is 1. The first-order chi connectivity index (χ1) is 7.61. The largest absolute Gasteiger partial charge is 0.330 e. The Labute approximate surface area is 107 Å². The Morgan fingerprint density at radius 1 is 1.69 bits per heavy atom. The van der Waals surface area contributed by atoms with Crippen LogP contribution >= 0.6 is 27.5 Å². The molecule has 2 rings (SSSR count). The lowest BCUT2D eigenvalue weighted by Gasteiger charge is -2.16. The number of aromatic nitrogens is 1. The van der Waals surface area contributed by atoms with Gasteiger partial charge in [0, 0.05) is 23.6 Å². The van der Waals surface area contributed by atoms with Crippen LogP contribution in [0.4, 0.5) is 5.82 Å². The van der Waals surface area contributed by atoms with Crippen LogP contribution in [-0.2, 0) is 4.79 Å². The number of pyridine rings is 1. The van der Waals surface area contributed by atoms with Crippen LogP contribution in [0.15, 0.2) is 16.7 Å². The van der Waals surface area contributed by atoms with Gasteiger partial charge in [-0.05, 0) is 34.5 Å². The Hall–Kier alpha value is -0.650. The zero-order chi connectivity index (χ0) is 11.7. The SMILES string of the molecule is NCC1CC(=O)N(c2ncc(Br)cc2Cl)C1. The molecule has 1 aromatic rings. The van der Waals surface area contributed by atoms with E-state index in [9.17, 15) is 4.79 Å². The van der Waals surface area contributed by atoms with E-state index in [0.29, 0.717) is 30.4 Å². The molecule has 1 aliphatic rings.